The molecule has 46 heavy (non-hydrogen) atoms. The van der Waals surface area contributed by atoms with Crippen molar-refractivity contribution >= 4 is 35.1 Å². The van der Waals surface area contributed by atoms with Crippen LogP contribution in [0.1, 0.15) is 60.6 Å². The van der Waals surface area contributed by atoms with E-state index in [1.54, 1.807) is 4.57 Å². The minimum atomic E-state index is -0.553. The van der Waals surface area contributed by atoms with Crippen LogP contribution in [0.15, 0.2) is 16.9 Å². The number of carbonyl (C=O) groups is 4. The number of nitrogens with zero attached hydrogens (tertiary/aromatic N) is 2. The fourth-order valence-electron chi connectivity index (χ4n) is 5.54. The van der Waals surface area contributed by atoms with Gasteiger partial charge in [-0.25, -0.2) is 9.37 Å². The topological polar surface area (TPSA) is 198 Å². The molecule has 2 aliphatic heterocycles. The fourth-order valence-corrected chi connectivity index (χ4v) is 5.54. The van der Waals surface area contributed by atoms with Gasteiger partial charge < -0.3 is 36.1 Å². The van der Waals surface area contributed by atoms with E-state index in [1.807, 2.05) is 33.8 Å². The van der Waals surface area contributed by atoms with Crippen molar-refractivity contribution in [1.82, 2.24) is 20.2 Å². The van der Waals surface area contributed by atoms with Crippen molar-refractivity contribution in [2.24, 2.45) is 11.5 Å². The summed E-state index contributed by atoms with van der Waals surface area (Å²) in [6, 6.07) is 3.41. The van der Waals surface area contributed by atoms with E-state index >= 15 is 0 Å². The van der Waals surface area contributed by atoms with Crippen LogP contribution in [0, 0.1) is 12.7 Å². The van der Waals surface area contributed by atoms with E-state index in [4.69, 9.17) is 21.2 Å². The lowest BCUT2D eigenvalue weighted by atomic mass is 9.85. The van der Waals surface area contributed by atoms with Crippen molar-refractivity contribution in [3.05, 3.63) is 61.7 Å². The third kappa shape index (κ3) is 7.93. The number of hydrogen-bond donors (Lipinski definition) is 4. The van der Waals surface area contributed by atoms with Gasteiger partial charge in [0, 0.05) is 23.6 Å². The maximum atomic E-state index is 14.5. The zero-order valence-electron chi connectivity index (χ0n) is 26.6. The lowest BCUT2D eigenvalue weighted by Gasteiger charge is -2.21. The number of amides is 3. The molecule has 0 fully saturated rings. The highest BCUT2D eigenvalue weighted by molar-refractivity contribution is 5.92. The van der Waals surface area contributed by atoms with E-state index in [9.17, 15) is 28.4 Å². The first-order valence-electron chi connectivity index (χ1n) is 15.2. The van der Waals surface area contributed by atoms with Crippen molar-refractivity contribution < 1.29 is 33.0 Å². The van der Waals surface area contributed by atoms with Gasteiger partial charge in [-0.3, -0.25) is 24.0 Å². The predicted octanol–water partition coefficient (Wildman–Crippen LogP) is 1.26. The Morgan fingerprint density at radius 2 is 1.87 bits per heavy atom. The molecule has 1 aromatic carbocycles. The molecule has 6 N–H and O–H groups in total. The molecule has 3 aliphatic rings. The second kappa shape index (κ2) is 16.6. The molecule has 1 aliphatic carbocycles. The van der Waals surface area contributed by atoms with Crippen LogP contribution < -0.4 is 27.7 Å². The van der Waals surface area contributed by atoms with E-state index < -0.39 is 5.91 Å². The number of pyridine rings is 2. The lowest BCUT2D eigenvalue weighted by Crippen LogP contribution is -2.30. The molecule has 3 amide bonds. The molecule has 0 atom stereocenters. The van der Waals surface area contributed by atoms with E-state index in [-0.39, 0.29) is 56.2 Å². The molecule has 4 heterocycles. The second-order valence-electron chi connectivity index (χ2n) is 10.3. The number of ether oxygens (including phenoxy) is 2. The number of rotatable bonds is 7. The van der Waals surface area contributed by atoms with Gasteiger partial charge in [-0.1, -0.05) is 13.8 Å². The Balaban J connectivity index is 0.000000267. The summed E-state index contributed by atoms with van der Waals surface area (Å²) in [7, 11) is 0. The first-order valence-corrected chi connectivity index (χ1v) is 15.2. The summed E-state index contributed by atoms with van der Waals surface area (Å²) >= 11 is 0. The average Bonchev–Trinajstić information content (AvgIpc) is 3.42. The molecule has 0 spiro atoms. The van der Waals surface area contributed by atoms with Gasteiger partial charge in [-0.2, -0.15) is 0 Å². The quantitative estimate of drug-likeness (QED) is 0.0994. The summed E-state index contributed by atoms with van der Waals surface area (Å²) in [5, 5.41) is 5.79. The van der Waals surface area contributed by atoms with Crippen LogP contribution in [0.25, 0.3) is 22.3 Å². The van der Waals surface area contributed by atoms with Crippen LogP contribution in [-0.2, 0) is 61.1 Å². The lowest BCUT2D eigenvalue weighted by molar-refractivity contribution is -0.145. The van der Waals surface area contributed by atoms with Crippen molar-refractivity contribution in [1.29, 1.82) is 0 Å². The normalized spacial score (nSPS) is 13.1. The number of nitrogens with one attached hydrogen (secondary N) is 2. The molecule has 0 radical (unpaired) electrons. The number of likely N-dealkylation sites (N-methyl/N-ethyl adjacent to an activating group) is 1. The van der Waals surface area contributed by atoms with E-state index in [0.29, 0.717) is 41.7 Å². The van der Waals surface area contributed by atoms with Crippen LogP contribution in [0.2, 0.25) is 0 Å². The van der Waals surface area contributed by atoms with Gasteiger partial charge in [0.15, 0.2) is 0 Å². The Kier molecular flexibility index (Phi) is 12.9. The van der Waals surface area contributed by atoms with Gasteiger partial charge in [0.1, 0.15) is 25.8 Å². The minimum absolute atomic E-state index is 0.0203. The van der Waals surface area contributed by atoms with Crippen molar-refractivity contribution in [2.45, 2.75) is 66.5 Å². The molecule has 6 rings (SSSR count). The maximum absolute atomic E-state index is 14.5. The summed E-state index contributed by atoms with van der Waals surface area (Å²) in [4.78, 5) is 59.2. The number of fused-ring (bicyclic) bond motifs is 5. The van der Waals surface area contributed by atoms with E-state index in [2.05, 4.69) is 15.4 Å². The Morgan fingerprint density at radius 3 is 2.50 bits per heavy atom. The molecule has 0 saturated heterocycles. The van der Waals surface area contributed by atoms with Crippen molar-refractivity contribution in [2.75, 3.05) is 26.4 Å². The molecule has 0 unspecified atom stereocenters. The summed E-state index contributed by atoms with van der Waals surface area (Å²) < 4.78 is 25.8. The standard InChI is InChI=1S/C22H17FN2O3.C4H8N2O3.C4H10N2O.C2H6/c1-10-12-3-2-4-13-14-8-25-18(21(14)24-17(20(12)13)7-16(10)23)5-11-6-19(26)28-9-15(11)22(25)27;5-4(8)1-9-3-6-2-7;1-2-6-4(7)3-5;1-2/h5,7H,2-4,6,8-9H2,1H3;2H,1,3H2,(H2,5,8)(H,6,7);2-3,5H2,1H3,(H,6,7);1-2H3. The number of aryl methyl sites for hydroxylation is 2. The number of carbonyl (C=O) groups excluding carboxylic acids is 4. The third-order valence-electron chi connectivity index (χ3n) is 7.51. The number of cyclic esters (lactones) is 1. The molecule has 0 bridgehead atoms. The third-order valence-corrected chi connectivity index (χ3v) is 7.51. The summed E-state index contributed by atoms with van der Waals surface area (Å²) in [6.07, 6.45) is 3.30. The van der Waals surface area contributed by atoms with Gasteiger partial charge in [0.25, 0.3) is 5.56 Å². The van der Waals surface area contributed by atoms with Gasteiger partial charge in [-0.05, 0) is 61.4 Å². The molecular weight excluding hydrogens is 599 g/mol. The van der Waals surface area contributed by atoms with Crippen LogP contribution in [-0.4, -0.2) is 60.2 Å². The number of halogens is 1. The van der Waals surface area contributed by atoms with Gasteiger partial charge in [-0.15, -0.1) is 0 Å². The first-order chi connectivity index (χ1) is 22.1. The number of benzene rings is 1. The van der Waals surface area contributed by atoms with Gasteiger partial charge in [0.05, 0.1) is 42.0 Å². The van der Waals surface area contributed by atoms with Crippen LogP contribution >= 0.6 is 0 Å². The van der Waals surface area contributed by atoms with E-state index in [1.165, 1.54) is 11.6 Å². The van der Waals surface area contributed by atoms with Crippen LogP contribution in [0.5, 0.6) is 0 Å². The largest absolute Gasteiger partial charge is 0.460 e. The fraction of sp³-hybridized carbons (Fsp3) is 0.438. The second-order valence-corrected chi connectivity index (χ2v) is 10.3. The monoisotopic (exact) mass is 640 g/mol. The number of esters is 1. The highest BCUT2D eigenvalue weighted by Crippen LogP contribution is 2.41. The smallest absolute Gasteiger partial charge is 0.310 e. The highest BCUT2D eigenvalue weighted by Gasteiger charge is 2.32. The number of primary amides is 1. The Bertz CT molecular complexity index is 1690. The zero-order chi connectivity index (χ0) is 34.0. The number of nitrogens with two attached hydrogens (primary N) is 2. The molecular formula is C32H41FN6O7. The maximum Gasteiger partial charge on any atom is 0.310 e. The molecule has 13 nitrogen and oxygen atoms in total. The first kappa shape index (κ1) is 35.8. The average molecular weight is 641 g/mol. The van der Waals surface area contributed by atoms with Crippen LogP contribution in [0.4, 0.5) is 4.39 Å². The molecule has 3 aromatic rings. The summed E-state index contributed by atoms with van der Waals surface area (Å²) in [6.45, 7) is 8.79. The van der Waals surface area contributed by atoms with Crippen molar-refractivity contribution in [3.63, 3.8) is 0 Å². The highest BCUT2D eigenvalue weighted by atomic mass is 19.1. The molecule has 0 saturated carbocycles. The minimum Gasteiger partial charge on any atom is -0.460 e. The van der Waals surface area contributed by atoms with Gasteiger partial charge >= 0.3 is 5.97 Å². The van der Waals surface area contributed by atoms with Crippen molar-refractivity contribution in [3.8, 4) is 11.4 Å². The van der Waals surface area contributed by atoms with Crippen LogP contribution in [0.3, 0.4) is 0 Å². The Hall–Kier alpha value is -4.69. The molecule has 248 valence electrons. The molecule has 14 heteroatoms. The summed E-state index contributed by atoms with van der Waals surface area (Å²) in [5.74, 6) is -1.20. The summed E-state index contributed by atoms with van der Waals surface area (Å²) in [5.41, 5.74) is 16.9. The van der Waals surface area contributed by atoms with E-state index in [0.717, 1.165) is 47.2 Å². The molecule has 2 aromatic heterocycles. The number of aromatic nitrogens is 2. The number of hydrogen-bond acceptors (Lipinski definition) is 9. The Morgan fingerprint density at radius 1 is 1.15 bits per heavy atom. The SMILES string of the molecule is CC.CCNC(=O)CN.Cc1c(F)cc2nc3c(c4c2c1CCC4)Cn1c-3cc2c(c1=O)COC(=O)C2.NC(=O)COCNC=O. The Labute approximate surface area is 265 Å². The zero-order valence-corrected chi connectivity index (χ0v) is 26.6. The predicted molar refractivity (Wildman–Crippen MR) is 169 cm³/mol. The van der Waals surface area contributed by atoms with Gasteiger partial charge in [0.2, 0.25) is 18.2 Å².